The molecule has 0 saturated heterocycles. The summed E-state index contributed by atoms with van der Waals surface area (Å²) in [4.78, 5) is 2.55. The first-order chi connectivity index (χ1) is 9.02. The average Bonchev–Trinajstić information content (AvgIpc) is 2.35. The lowest BCUT2D eigenvalue weighted by Crippen LogP contribution is -2.30. The van der Waals surface area contributed by atoms with Crippen molar-refractivity contribution in [3.05, 3.63) is 34.1 Å². The average molecular weight is 349 g/mol. The molecule has 106 valence electrons. The first kappa shape index (κ1) is 16.5. The van der Waals surface area contributed by atoms with Gasteiger partial charge in [-0.25, -0.2) is 4.39 Å². The molecule has 0 saturated carbocycles. The predicted octanol–water partition coefficient (Wildman–Crippen LogP) is 2.71. The Morgan fingerprint density at radius 3 is 2.79 bits per heavy atom. The number of nitrogens with two attached hydrogens (primary N) is 1. The predicted molar refractivity (Wildman–Crippen MR) is 82.7 cm³/mol. The second kappa shape index (κ2) is 8.58. The maximum absolute atomic E-state index is 13.8. The van der Waals surface area contributed by atoms with Crippen molar-refractivity contribution in [3.63, 3.8) is 0 Å². The molecule has 0 aliphatic carbocycles. The number of nitrogens with zero attached hydrogens (tertiary/aromatic N) is 1. The Kier molecular flexibility index (Phi) is 7.45. The minimum Gasteiger partial charge on any atom is -0.393 e. The lowest BCUT2D eigenvalue weighted by atomic mass is 10.2. The van der Waals surface area contributed by atoms with Crippen molar-refractivity contribution in [1.82, 2.24) is 4.90 Å². The quantitative estimate of drug-likeness (QED) is 0.733. The summed E-state index contributed by atoms with van der Waals surface area (Å²) in [6.07, 6.45) is 0.622. The number of thiocarbonyl (C=S) groups is 1. The molecule has 1 aromatic rings. The van der Waals surface area contributed by atoms with E-state index in [0.717, 1.165) is 4.47 Å². The summed E-state index contributed by atoms with van der Waals surface area (Å²) < 4.78 is 19.6. The molecule has 0 aromatic heterocycles. The summed E-state index contributed by atoms with van der Waals surface area (Å²) in [5.41, 5.74) is 6.16. The van der Waals surface area contributed by atoms with E-state index in [1.165, 1.54) is 6.07 Å². The fourth-order valence-electron chi connectivity index (χ4n) is 1.65. The fourth-order valence-corrected chi connectivity index (χ4v) is 2.07. The molecule has 19 heavy (non-hydrogen) atoms. The minimum atomic E-state index is -0.216. The highest BCUT2D eigenvalue weighted by Crippen LogP contribution is 2.17. The molecule has 3 nitrogen and oxygen atoms in total. The van der Waals surface area contributed by atoms with Crippen LogP contribution in [0.3, 0.4) is 0 Å². The molecule has 0 bridgehead atoms. The lowest BCUT2D eigenvalue weighted by molar-refractivity contribution is 0.145. The number of hydrogen-bond acceptors (Lipinski definition) is 3. The first-order valence-electron chi connectivity index (χ1n) is 5.96. The van der Waals surface area contributed by atoms with Gasteiger partial charge in [-0.2, -0.15) is 0 Å². The van der Waals surface area contributed by atoms with Crippen molar-refractivity contribution in [1.29, 1.82) is 0 Å². The highest BCUT2D eigenvalue weighted by molar-refractivity contribution is 9.10. The van der Waals surface area contributed by atoms with Gasteiger partial charge in [0.2, 0.25) is 0 Å². The highest BCUT2D eigenvalue weighted by atomic mass is 79.9. The Morgan fingerprint density at radius 1 is 1.47 bits per heavy atom. The molecule has 0 atom stereocenters. The van der Waals surface area contributed by atoms with Gasteiger partial charge in [0, 0.05) is 43.2 Å². The summed E-state index contributed by atoms with van der Waals surface area (Å²) in [6, 6.07) is 5.08. The van der Waals surface area contributed by atoms with Crippen LogP contribution in [0.2, 0.25) is 0 Å². The minimum absolute atomic E-state index is 0.216. The van der Waals surface area contributed by atoms with E-state index in [1.807, 2.05) is 6.07 Å². The fraction of sp³-hybridized carbons (Fsp3) is 0.462. The van der Waals surface area contributed by atoms with E-state index in [2.05, 4.69) is 20.8 Å². The summed E-state index contributed by atoms with van der Waals surface area (Å²) in [5.74, 6) is -0.216. The monoisotopic (exact) mass is 348 g/mol. The van der Waals surface area contributed by atoms with E-state index in [-0.39, 0.29) is 5.82 Å². The van der Waals surface area contributed by atoms with Crippen LogP contribution in [0.5, 0.6) is 0 Å². The molecule has 0 spiro atoms. The van der Waals surface area contributed by atoms with E-state index < -0.39 is 0 Å². The van der Waals surface area contributed by atoms with Gasteiger partial charge in [0.25, 0.3) is 0 Å². The van der Waals surface area contributed by atoms with Crippen LogP contribution in [-0.4, -0.2) is 36.7 Å². The van der Waals surface area contributed by atoms with E-state index in [0.29, 0.717) is 43.2 Å². The summed E-state index contributed by atoms with van der Waals surface area (Å²) in [6.45, 7) is 2.53. The van der Waals surface area contributed by atoms with Crippen molar-refractivity contribution in [2.75, 3.05) is 26.8 Å². The standard InChI is InChI=1S/C13H18BrFN2OS/c1-18-7-6-17(5-4-13(16)19)9-10-2-3-11(14)8-12(10)15/h2-3,8H,4-7,9H2,1H3,(H2,16,19). The van der Waals surface area contributed by atoms with Gasteiger partial charge in [-0.05, 0) is 12.1 Å². The first-order valence-corrected chi connectivity index (χ1v) is 7.16. The van der Waals surface area contributed by atoms with Gasteiger partial charge in [0.15, 0.2) is 0 Å². The largest absolute Gasteiger partial charge is 0.393 e. The zero-order chi connectivity index (χ0) is 14.3. The molecule has 2 N–H and O–H groups in total. The Hall–Kier alpha value is -0.560. The van der Waals surface area contributed by atoms with Crippen LogP contribution < -0.4 is 5.73 Å². The van der Waals surface area contributed by atoms with Crippen LogP contribution in [0.1, 0.15) is 12.0 Å². The molecule has 1 rings (SSSR count). The van der Waals surface area contributed by atoms with Crippen LogP contribution in [0.25, 0.3) is 0 Å². The molecular weight excluding hydrogens is 331 g/mol. The van der Waals surface area contributed by atoms with Crippen LogP contribution in [0.15, 0.2) is 22.7 Å². The van der Waals surface area contributed by atoms with Crippen molar-refractivity contribution >= 4 is 33.1 Å². The van der Waals surface area contributed by atoms with E-state index in [1.54, 1.807) is 13.2 Å². The number of benzene rings is 1. The number of hydrogen-bond donors (Lipinski definition) is 1. The molecule has 0 radical (unpaired) electrons. The summed E-state index contributed by atoms with van der Waals surface area (Å²) >= 11 is 8.12. The molecule has 1 aromatic carbocycles. The van der Waals surface area contributed by atoms with Crippen molar-refractivity contribution in [2.24, 2.45) is 5.73 Å². The van der Waals surface area contributed by atoms with Gasteiger partial charge in [-0.3, -0.25) is 4.90 Å². The van der Waals surface area contributed by atoms with Gasteiger partial charge in [0.05, 0.1) is 11.6 Å². The summed E-state index contributed by atoms with van der Waals surface area (Å²) in [7, 11) is 1.64. The number of halogens is 2. The second-order valence-electron chi connectivity index (χ2n) is 4.22. The summed E-state index contributed by atoms with van der Waals surface area (Å²) in [5, 5.41) is 0. The Bertz CT molecular complexity index is 431. The van der Waals surface area contributed by atoms with Crippen LogP contribution in [0.4, 0.5) is 4.39 Å². The molecule has 0 amide bonds. The SMILES string of the molecule is COCCN(CCC(N)=S)Cc1ccc(Br)cc1F. The third-order valence-corrected chi connectivity index (χ3v) is 3.39. The number of rotatable bonds is 8. The normalized spacial score (nSPS) is 10.9. The van der Waals surface area contributed by atoms with Crippen molar-refractivity contribution in [2.45, 2.75) is 13.0 Å². The number of methoxy groups -OCH3 is 1. The van der Waals surface area contributed by atoms with Crippen LogP contribution in [0, 0.1) is 5.82 Å². The molecule has 0 fully saturated rings. The van der Waals surface area contributed by atoms with Crippen molar-refractivity contribution < 1.29 is 9.13 Å². The third-order valence-electron chi connectivity index (χ3n) is 2.70. The van der Waals surface area contributed by atoms with Gasteiger partial charge < -0.3 is 10.5 Å². The van der Waals surface area contributed by atoms with E-state index in [4.69, 9.17) is 22.7 Å². The van der Waals surface area contributed by atoms with Gasteiger partial charge in [-0.15, -0.1) is 0 Å². The third kappa shape index (κ3) is 6.42. The van der Waals surface area contributed by atoms with Crippen LogP contribution in [-0.2, 0) is 11.3 Å². The zero-order valence-corrected chi connectivity index (χ0v) is 13.3. The van der Waals surface area contributed by atoms with Crippen molar-refractivity contribution in [3.8, 4) is 0 Å². The van der Waals surface area contributed by atoms with Crippen LogP contribution >= 0.6 is 28.1 Å². The van der Waals surface area contributed by atoms with E-state index >= 15 is 0 Å². The topological polar surface area (TPSA) is 38.5 Å². The maximum atomic E-state index is 13.8. The molecule has 0 unspecified atom stereocenters. The second-order valence-corrected chi connectivity index (χ2v) is 5.66. The molecule has 0 heterocycles. The Labute approximate surface area is 127 Å². The zero-order valence-electron chi connectivity index (χ0n) is 10.9. The van der Waals surface area contributed by atoms with E-state index in [9.17, 15) is 4.39 Å². The Balaban J connectivity index is 2.66. The van der Waals surface area contributed by atoms with Gasteiger partial charge in [0.1, 0.15) is 5.82 Å². The Morgan fingerprint density at radius 2 is 2.21 bits per heavy atom. The number of ether oxygens (including phenoxy) is 1. The molecule has 6 heteroatoms. The molecule has 0 aliphatic heterocycles. The van der Waals surface area contributed by atoms with Gasteiger partial charge in [-0.1, -0.05) is 34.2 Å². The molecule has 0 aliphatic rings. The highest BCUT2D eigenvalue weighted by Gasteiger charge is 2.10. The maximum Gasteiger partial charge on any atom is 0.128 e. The molecular formula is C13H18BrFN2OS. The van der Waals surface area contributed by atoms with Gasteiger partial charge >= 0.3 is 0 Å². The lowest BCUT2D eigenvalue weighted by Gasteiger charge is -2.22. The smallest absolute Gasteiger partial charge is 0.128 e.